The van der Waals surface area contributed by atoms with E-state index in [1.807, 2.05) is 0 Å². The van der Waals surface area contributed by atoms with Crippen LogP contribution in [0.25, 0.3) is 10.2 Å². The molecule has 6 nitrogen and oxygen atoms in total. The van der Waals surface area contributed by atoms with Gasteiger partial charge in [0.2, 0.25) is 5.78 Å². The highest BCUT2D eigenvalue weighted by Gasteiger charge is 2.48. The third kappa shape index (κ3) is 3.70. The molecule has 3 heterocycles. The van der Waals surface area contributed by atoms with Gasteiger partial charge in [-0.05, 0) is 44.2 Å². The molecule has 2 aromatic carbocycles. The molecule has 172 valence electrons. The lowest BCUT2D eigenvalue weighted by molar-refractivity contribution is -0.117. The maximum atomic E-state index is 13.7. The van der Waals surface area contributed by atoms with E-state index in [4.69, 9.17) is 34.8 Å². The Hall–Kier alpha value is -2.49. The summed E-state index contributed by atoms with van der Waals surface area (Å²) in [5.74, 6) is -1.95. The highest BCUT2D eigenvalue weighted by molar-refractivity contribution is 7.22. The predicted molar refractivity (Wildman–Crippen MR) is 137 cm³/mol. The molecule has 1 aliphatic heterocycles. The second-order valence-electron chi connectivity index (χ2n) is 7.56. The molecule has 0 aliphatic carbocycles. The zero-order chi connectivity index (χ0) is 24.3. The Kier molecular flexibility index (Phi) is 5.90. The Labute approximate surface area is 217 Å². The standard InChI is InChI=1S/C23H14Cl3N3O3S2/c1-9-21(33-10(2)27-9)19(30)17-18(16-12(25)4-3-5-13(16)26)29(22(32)20(17)31)23-28-14-7-6-11(24)8-15(14)34-23/h3-8,18,31H,1-2H3. The van der Waals surface area contributed by atoms with Crippen LogP contribution in [0.4, 0.5) is 5.13 Å². The van der Waals surface area contributed by atoms with Crippen LogP contribution in [0.5, 0.6) is 0 Å². The first-order valence-corrected chi connectivity index (χ1v) is 12.7. The van der Waals surface area contributed by atoms with Crippen LogP contribution in [0.15, 0.2) is 47.7 Å². The number of nitrogens with zero attached hydrogens (tertiary/aromatic N) is 3. The number of fused-ring (bicyclic) bond motifs is 1. The minimum Gasteiger partial charge on any atom is -0.503 e. The van der Waals surface area contributed by atoms with Gasteiger partial charge in [0.1, 0.15) is 6.04 Å². The molecule has 1 amide bonds. The molecule has 0 saturated heterocycles. The van der Waals surface area contributed by atoms with Gasteiger partial charge in [-0.3, -0.25) is 14.5 Å². The Balaban J connectivity index is 1.74. The first-order chi connectivity index (χ1) is 16.2. The summed E-state index contributed by atoms with van der Waals surface area (Å²) in [7, 11) is 0. The molecule has 0 saturated carbocycles. The quantitative estimate of drug-likeness (QED) is 0.274. The van der Waals surface area contributed by atoms with E-state index in [9.17, 15) is 14.7 Å². The van der Waals surface area contributed by atoms with E-state index >= 15 is 0 Å². The highest BCUT2D eigenvalue weighted by Crippen LogP contribution is 2.48. The largest absolute Gasteiger partial charge is 0.503 e. The number of ketones is 1. The van der Waals surface area contributed by atoms with Crippen LogP contribution in [-0.4, -0.2) is 26.8 Å². The van der Waals surface area contributed by atoms with Crippen molar-refractivity contribution in [2.75, 3.05) is 4.90 Å². The first kappa shape index (κ1) is 23.3. The number of aryl methyl sites for hydroxylation is 2. The molecule has 11 heteroatoms. The number of hydrogen-bond acceptors (Lipinski definition) is 7. The van der Waals surface area contributed by atoms with Crippen molar-refractivity contribution in [3.8, 4) is 0 Å². The fourth-order valence-electron chi connectivity index (χ4n) is 3.93. The number of halogens is 3. The van der Waals surface area contributed by atoms with Gasteiger partial charge in [-0.15, -0.1) is 11.3 Å². The Morgan fingerprint density at radius 2 is 1.76 bits per heavy atom. The summed E-state index contributed by atoms with van der Waals surface area (Å²) in [6.45, 7) is 3.49. The lowest BCUT2D eigenvalue weighted by atomic mass is 9.95. The van der Waals surface area contributed by atoms with Crippen LogP contribution in [0.2, 0.25) is 15.1 Å². The summed E-state index contributed by atoms with van der Waals surface area (Å²) in [6, 6.07) is 8.97. The number of amides is 1. The van der Waals surface area contributed by atoms with Crippen molar-refractivity contribution in [2.45, 2.75) is 19.9 Å². The van der Waals surface area contributed by atoms with E-state index in [1.54, 1.807) is 50.2 Å². The van der Waals surface area contributed by atoms with Gasteiger partial charge in [0.15, 0.2) is 10.9 Å². The number of carbonyl (C=O) groups is 2. The minimum absolute atomic E-state index is 0.121. The van der Waals surface area contributed by atoms with Gasteiger partial charge < -0.3 is 5.11 Å². The highest BCUT2D eigenvalue weighted by atomic mass is 35.5. The van der Waals surface area contributed by atoms with Crippen LogP contribution < -0.4 is 4.90 Å². The van der Waals surface area contributed by atoms with E-state index in [2.05, 4.69) is 9.97 Å². The molecule has 0 bridgehead atoms. The maximum Gasteiger partial charge on any atom is 0.296 e. The fraction of sp³-hybridized carbons (Fsp3) is 0.130. The summed E-state index contributed by atoms with van der Waals surface area (Å²) >= 11 is 21.6. The molecule has 0 radical (unpaired) electrons. The number of aliphatic hydroxyl groups excluding tert-OH is 1. The Morgan fingerprint density at radius 3 is 2.41 bits per heavy atom. The van der Waals surface area contributed by atoms with Crippen molar-refractivity contribution in [3.05, 3.63) is 83.9 Å². The number of carbonyl (C=O) groups excluding carboxylic acids is 2. The fourth-order valence-corrected chi connectivity index (χ4v) is 6.68. The van der Waals surface area contributed by atoms with Gasteiger partial charge in [-0.1, -0.05) is 52.2 Å². The molecular formula is C23H14Cl3N3O3S2. The number of rotatable bonds is 4. The maximum absolute atomic E-state index is 13.7. The first-order valence-electron chi connectivity index (χ1n) is 9.92. The average Bonchev–Trinajstić information content (AvgIpc) is 3.41. The smallest absolute Gasteiger partial charge is 0.296 e. The molecule has 0 spiro atoms. The van der Waals surface area contributed by atoms with Crippen molar-refractivity contribution >= 4 is 84.5 Å². The van der Waals surface area contributed by atoms with Crippen molar-refractivity contribution < 1.29 is 14.7 Å². The van der Waals surface area contributed by atoms with E-state index in [0.717, 1.165) is 4.70 Å². The van der Waals surface area contributed by atoms with Crippen LogP contribution in [0.3, 0.4) is 0 Å². The molecule has 1 aliphatic rings. The Bertz CT molecular complexity index is 1520. The lowest BCUT2D eigenvalue weighted by Gasteiger charge is -2.26. The summed E-state index contributed by atoms with van der Waals surface area (Å²) in [4.78, 5) is 37.6. The van der Waals surface area contributed by atoms with Crippen LogP contribution in [-0.2, 0) is 4.79 Å². The summed E-state index contributed by atoms with van der Waals surface area (Å²) in [5.41, 5.74) is 1.33. The van der Waals surface area contributed by atoms with Gasteiger partial charge in [0.25, 0.3) is 5.91 Å². The van der Waals surface area contributed by atoms with E-state index < -0.39 is 23.5 Å². The second-order valence-corrected chi connectivity index (χ2v) is 11.0. The van der Waals surface area contributed by atoms with Crippen molar-refractivity contribution in [2.24, 2.45) is 0 Å². The molecule has 34 heavy (non-hydrogen) atoms. The summed E-state index contributed by atoms with van der Waals surface area (Å²) in [6.07, 6.45) is 0. The zero-order valence-electron chi connectivity index (χ0n) is 17.6. The number of aromatic nitrogens is 2. The third-order valence-corrected chi connectivity index (χ3v) is 8.36. The van der Waals surface area contributed by atoms with Gasteiger partial charge in [-0.2, -0.15) is 0 Å². The number of anilines is 1. The van der Waals surface area contributed by atoms with Gasteiger partial charge in [0.05, 0.1) is 31.4 Å². The number of aliphatic hydroxyl groups is 1. The molecule has 4 aromatic rings. The van der Waals surface area contributed by atoms with Crippen LogP contribution in [0, 0.1) is 13.8 Å². The van der Waals surface area contributed by atoms with Crippen LogP contribution in [0.1, 0.15) is 32.0 Å². The molecule has 1 atom stereocenters. The molecule has 5 rings (SSSR count). The van der Waals surface area contributed by atoms with Crippen molar-refractivity contribution in [1.29, 1.82) is 0 Å². The normalized spacial score (nSPS) is 16.2. The molecule has 0 fully saturated rings. The third-order valence-electron chi connectivity index (χ3n) is 5.38. The predicted octanol–water partition coefficient (Wildman–Crippen LogP) is 7.11. The van der Waals surface area contributed by atoms with Gasteiger partial charge in [-0.25, -0.2) is 9.97 Å². The van der Waals surface area contributed by atoms with Crippen molar-refractivity contribution in [3.63, 3.8) is 0 Å². The second kappa shape index (κ2) is 8.62. The SMILES string of the molecule is Cc1nc(C)c(C(=O)C2=C(O)C(=O)N(c3nc4ccc(Cl)cc4s3)C2c2c(Cl)cccc2Cl)s1. The van der Waals surface area contributed by atoms with Gasteiger partial charge in [0, 0.05) is 20.6 Å². The van der Waals surface area contributed by atoms with E-state index in [-0.39, 0.29) is 20.7 Å². The molecule has 1 N–H and O–H groups in total. The number of Topliss-reactive ketones (excluding diaryl/α,β-unsaturated/α-hetero) is 1. The summed E-state index contributed by atoms with van der Waals surface area (Å²) < 4.78 is 0.743. The lowest BCUT2D eigenvalue weighted by Crippen LogP contribution is -2.31. The number of thiazole rings is 2. The van der Waals surface area contributed by atoms with Crippen molar-refractivity contribution in [1.82, 2.24) is 9.97 Å². The summed E-state index contributed by atoms with van der Waals surface area (Å²) in [5, 5.41) is 13.0. The van der Waals surface area contributed by atoms with Gasteiger partial charge >= 0.3 is 0 Å². The molecular weight excluding hydrogens is 537 g/mol. The Morgan fingerprint density at radius 1 is 1.06 bits per heavy atom. The number of benzene rings is 2. The molecule has 1 unspecified atom stereocenters. The average molecular weight is 551 g/mol. The number of hydrogen-bond donors (Lipinski definition) is 1. The zero-order valence-corrected chi connectivity index (χ0v) is 21.5. The van der Waals surface area contributed by atoms with E-state index in [0.29, 0.717) is 31.7 Å². The van der Waals surface area contributed by atoms with E-state index in [1.165, 1.54) is 27.6 Å². The molecule has 2 aromatic heterocycles. The minimum atomic E-state index is -1.08. The topological polar surface area (TPSA) is 83.4 Å². The monoisotopic (exact) mass is 549 g/mol. The van der Waals surface area contributed by atoms with Crippen LogP contribution >= 0.6 is 57.5 Å².